The smallest absolute Gasteiger partial charge is 0.123 e. The van der Waals surface area contributed by atoms with E-state index in [0.29, 0.717) is 5.92 Å². The summed E-state index contributed by atoms with van der Waals surface area (Å²) in [7, 11) is 4.11. The van der Waals surface area contributed by atoms with Crippen molar-refractivity contribution < 1.29 is 4.74 Å². The summed E-state index contributed by atoms with van der Waals surface area (Å²) in [6.45, 7) is 8.00. The van der Waals surface area contributed by atoms with Crippen LogP contribution in [0.15, 0.2) is 24.3 Å². The van der Waals surface area contributed by atoms with Gasteiger partial charge in [0.2, 0.25) is 0 Å². The molecule has 0 aliphatic heterocycles. The lowest BCUT2D eigenvalue weighted by Gasteiger charge is -2.15. The Morgan fingerprint density at radius 3 is 2.61 bits per heavy atom. The minimum Gasteiger partial charge on any atom is -0.492 e. The molecule has 0 amide bonds. The van der Waals surface area contributed by atoms with Crippen LogP contribution in [0, 0.1) is 5.92 Å². The van der Waals surface area contributed by atoms with Crippen LogP contribution in [0.3, 0.4) is 0 Å². The van der Waals surface area contributed by atoms with Crippen molar-refractivity contribution in [3.63, 3.8) is 0 Å². The molecule has 3 heteroatoms. The lowest BCUT2D eigenvalue weighted by Crippen LogP contribution is -2.21. The van der Waals surface area contributed by atoms with E-state index >= 15 is 0 Å². The third kappa shape index (κ3) is 6.03. The van der Waals surface area contributed by atoms with Crippen molar-refractivity contribution in [1.29, 1.82) is 0 Å². The van der Waals surface area contributed by atoms with E-state index in [1.807, 2.05) is 12.1 Å². The van der Waals surface area contributed by atoms with E-state index in [1.165, 1.54) is 5.56 Å². The molecule has 0 bridgehead atoms. The van der Waals surface area contributed by atoms with Crippen molar-refractivity contribution in [2.75, 3.05) is 33.8 Å². The van der Waals surface area contributed by atoms with Crippen LogP contribution in [0.4, 0.5) is 0 Å². The molecule has 102 valence electrons. The molecule has 3 nitrogen and oxygen atoms in total. The van der Waals surface area contributed by atoms with Gasteiger partial charge >= 0.3 is 0 Å². The zero-order valence-corrected chi connectivity index (χ0v) is 12.1. The Balaban J connectivity index is 2.45. The maximum absolute atomic E-state index is 5.82. The predicted octanol–water partition coefficient (Wildman–Crippen LogP) is 2.37. The number of rotatable bonds is 8. The molecule has 0 fully saturated rings. The van der Waals surface area contributed by atoms with Gasteiger partial charge in [-0.05, 0) is 32.6 Å². The van der Waals surface area contributed by atoms with E-state index in [2.05, 4.69) is 50.3 Å². The molecule has 0 atom stereocenters. The zero-order chi connectivity index (χ0) is 13.4. The Hall–Kier alpha value is -1.06. The summed E-state index contributed by atoms with van der Waals surface area (Å²) in [6, 6.07) is 8.25. The van der Waals surface area contributed by atoms with Crippen molar-refractivity contribution in [2.45, 2.75) is 20.4 Å². The monoisotopic (exact) mass is 250 g/mol. The number of hydrogen-bond acceptors (Lipinski definition) is 3. The van der Waals surface area contributed by atoms with Crippen molar-refractivity contribution >= 4 is 0 Å². The molecule has 0 unspecified atom stereocenters. The Morgan fingerprint density at radius 1 is 1.22 bits per heavy atom. The number of nitrogens with one attached hydrogen (secondary N) is 1. The number of para-hydroxylation sites is 1. The summed E-state index contributed by atoms with van der Waals surface area (Å²) >= 11 is 0. The molecule has 0 spiro atoms. The number of ether oxygens (including phenoxy) is 1. The van der Waals surface area contributed by atoms with Crippen LogP contribution in [-0.2, 0) is 6.54 Å². The van der Waals surface area contributed by atoms with Gasteiger partial charge in [-0.25, -0.2) is 0 Å². The van der Waals surface area contributed by atoms with Crippen molar-refractivity contribution in [2.24, 2.45) is 5.92 Å². The molecule has 1 aromatic rings. The van der Waals surface area contributed by atoms with E-state index in [4.69, 9.17) is 4.74 Å². The molecule has 0 aromatic heterocycles. The highest BCUT2D eigenvalue weighted by Gasteiger charge is 2.03. The second-order valence-corrected chi connectivity index (χ2v) is 5.28. The van der Waals surface area contributed by atoms with Crippen LogP contribution in [-0.4, -0.2) is 38.7 Å². The van der Waals surface area contributed by atoms with E-state index in [9.17, 15) is 0 Å². The summed E-state index contributed by atoms with van der Waals surface area (Å²) in [4.78, 5) is 2.12. The summed E-state index contributed by atoms with van der Waals surface area (Å²) in [5.41, 5.74) is 1.23. The van der Waals surface area contributed by atoms with Crippen molar-refractivity contribution in [3.05, 3.63) is 29.8 Å². The number of hydrogen-bond donors (Lipinski definition) is 1. The summed E-state index contributed by atoms with van der Waals surface area (Å²) in [6.07, 6.45) is 0. The van der Waals surface area contributed by atoms with Gasteiger partial charge in [-0.15, -0.1) is 0 Å². The average Bonchev–Trinajstić information content (AvgIpc) is 2.30. The van der Waals surface area contributed by atoms with Crippen LogP contribution >= 0.6 is 0 Å². The van der Waals surface area contributed by atoms with Crippen molar-refractivity contribution in [3.8, 4) is 5.75 Å². The molecule has 0 aliphatic rings. The standard InChI is InChI=1S/C15H26N2O/c1-13(2)11-16-12-14-7-5-6-8-15(14)18-10-9-17(3)4/h5-8,13,16H,9-12H2,1-4H3. The Kier molecular flexibility index (Phi) is 6.76. The van der Waals surface area contributed by atoms with Crippen LogP contribution in [0.25, 0.3) is 0 Å². The predicted molar refractivity (Wildman–Crippen MR) is 77.0 cm³/mol. The molecule has 18 heavy (non-hydrogen) atoms. The molecule has 0 aliphatic carbocycles. The molecule has 1 rings (SSSR count). The lowest BCUT2D eigenvalue weighted by atomic mass is 10.2. The molecular weight excluding hydrogens is 224 g/mol. The fourth-order valence-corrected chi connectivity index (χ4v) is 1.62. The number of nitrogens with zero attached hydrogens (tertiary/aromatic N) is 1. The van der Waals surface area contributed by atoms with Gasteiger partial charge in [-0.3, -0.25) is 0 Å². The van der Waals surface area contributed by atoms with Gasteiger partial charge in [-0.2, -0.15) is 0 Å². The van der Waals surface area contributed by atoms with Gasteiger partial charge in [0.15, 0.2) is 0 Å². The van der Waals surface area contributed by atoms with Gasteiger partial charge in [0.1, 0.15) is 12.4 Å². The summed E-state index contributed by atoms with van der Waals surface area (Å²) in [5, 5.41) is 3.45. The topological polar surface area (TPSA) is 24.5 Å². The highest BCUT2D eigenvalue weighted by Crippen LogP contribution is 2.17. The van der Waals surface area contributed by atoms with Crippen LogP contribution < -0.4 is 10.1 Å². The van der Waals surface area contributed by atoms with Crippen LogP contribution in [0.5, 0.6) is 5.75 Å². The molecule has 0 saturated heterocycles. The Bertz CT molecular complexity index is 304. The van der Waals surface area contributed by atoms with E-state index < -0.39 is 0 Å². The third-order valence-electron chi connectivity index (χ3n) is 2.64. The highest BCUT2D eigenvalue weighted by atomic mass is 16.5. The first-order valence-corrected chi connectivity index (χ1v) is 6.65. The van der Waals surface area contributed by atoms with Crippen LogP contribution in [0.1, 0.15) is 19.4 Å². The second kappa shape index (κ2) is 8.11. The number of benzene rings is 1. The molecule has 1 N–H and O–H groups in total. The maximum atomic E-state index is 5.82. The normalized spacial score (nSPS) is 11.2. The highest BCUT2D eigenvalue weighted by molar-refractivity contribution is 5.33. The SMILES string of the molecule is CC(C)CNCc1ccccc1OCCN(C)C. The summed E-state index contributed by atoms with van der Waals surface area (Å²) in [5.74, 6) is 1.67. The molecule has 0 radical (unpaired) electrons. The van der Waals surface area contributed by atoms with E-state index in [1.54, 1.807) is 0 Å². The maximum Gasteiger partial charge on any atom is 0.123 e. The number of likely N-dealkylation sites (N-methyl/N-ethyl adjacent to an activating group) is 1. The lowest BCUT2D eigenvalue weighted by molar-refractivity contribution is 0.259. The largest absolute Gasteiger partial charge is 0.492 e. The van der Waals surface area contributed by atoms with Gasteiger partial charge in [-0.1, -0.05) is 32.0 Å². The van der Waals surface area contributed by atoms with Gasteiger partial charge in [0.25, 0.3) is 0 Å². The Morgan fingerprint density at radius 2 is 1.94 bits per heavy atom. The fraction of sp³-hybridized carbons (Fsp3) is 0.600. The molecule has 1 aromatic carbocycles. The zero-order valence-electron chi connectivity index (χ0n) is 12.1. The van der Waals surface area contributed by atoms with E-state index in [-0.39, 0.29) is 0 Å². The first-order chi connectivity index (χ1) is 8.59. The first kappa shape index (κ1) is 15.0. The molecule has 0 saturated carbocycles. The van der Waals surface area contributed by atoms with Gasteiger partial charge in [0.05, 0.1) is 0 Å². The van der Waals surface area contributed by atoms with Crippen LogP contribution in [0.2, 0.25) is 0 Å². The van der Waals surface area contributed by atoms with Gasteiger partial charge in [0, 0.05) is 18.7 Å². The van der Waals surface area contributed by atoms with Gasteiger partial charge < -0.3 is 15.0 Å². The molecule has 0 heterocycles. The Labute approximate surface area is 111 Å². The summed E-state index contributed by atoms with van der Waals surface area (Å²) < 4.78 is 5.82. The minimum absolute atomic E-state index is 0.673. The second-order valence-electron chi connectivity index (χ2n) is 5.28. The average molecular weight is 250 g/mol. The first-order valence-electron chi connectivity index (χ1n) is 6.65. The van der Waals surface area contributed by atoms with E-state index in [0.717, 1.165) is 32.0 Å². The fourth-order valence-electron chi connectivity index (χ4n) is 1.62. The van der Waals surface area contributed by atoms with Crippen molar-refractivity contribution in [1.82, 2.24) is 10.2 Å². The molecular formula is C15H26N2O. The quantitative estimate of drug-likeness (QED) is 0.766. The minimum atomic E-state index is 0.673. The third-order valence-corrected chi connectivity index (χ3v) is 2.64.